The molecule has 3 aromatic rings. The predicted octanol–water partition coefficient (Wildman–Crippen LogP) is 4.74. The number of rotatable bonds is 7. The van der Waals surface area contributed by atoms with Crippen LogP contribution in [0.4, 0.5) is 0 Å². The average molecular weight is 450 g/mol. The molecular formula is C20H23IN2O2. The van der Waals surface area contributed by atoms with Gasteiger partial charge in [0.15, 0.2) is 11.5 Å². The van der Waals surface area contributed by atoms with E-state index in [1.54, 1.807) is 14.2 Å². The van der Waals surface area contributed by atoms with Crippen molar-refractivity contribution in [2.24, 2.45) is 5.73 Å². The number of para-hydroxylation sites is 1. The molecule has 132 valence electrons. The number of hydrogen-bond donors (Lipinski definition) is 2. The van der Waals surface area contributed by atoms with Crippen LogP contribution in [-0.2, 0) is 6.42 Å². The average Bonchev–Trinajstić information content (AvgIpc) is 2.98. The lowest BCUT2D eigenvalue weighted by Gasteiger charge is -2.13. The molecule has 0 bridgehead atoms. The van der Waals surface area contributed by atoms with Crippen molar-refractivity contribution in [3.63, 3.8) is 0 Å². The van der Waals surface area contributed by atoms with Crippen LogP contribution in [0.3, 0.4) is 0 Å². The van der Waals surface area contributed by atoms with Crippen LogP contribution in [0, 0.1) is 3.57 Å². The van der Waals surface area contributed by atoms with Crippen molar-refractivity contribution < 1.29 is 9.47 Å². The van der Waals surface area contributed by atoms with Gasteiger partial charge in [-0.05, 0) is 84.3 Å². The second kappa shape index (κ2) is 8.10. The second-order valence-corrected chi connectivity index (χ2v) is 7.20. The zero-order valence-electron chi connectivity index (χ0n) is 14.6. The Kier molecular flexibility index (Phi) is 5.86. The van der Waals surface area contributed by atoms with Crippen LogP contribution in [0.2, 0.25) is 0 Å². The molecule has 0 spiro atoms. The molecule has 3 N–H and O–H groups in total. The van der Waals surface area contributed by atoms with Gasteiger partial charge in [-0.1, -0.05) is 6.07 Å². The summed E-state index contributed by atoms with van der Waals surface area (Å²) in [5.74, 6) is 1.49. The highest BCUT2D eigenvalue weighted by Gasteiger charge is 2.18. The minimum absolute atomic E-state index is 0.720. The number of fused-ring (bicyclic) bond motifs is 1. The first-order valence-corrected chi connectivity index (χ1v) is 9.49. The first-order chi connectivity index (χ1) is 12.2. The molecule has 0 aliphatic carbocycles. The lowest BCUT2D eigenvalue weighted by atomic mass is 9.99. The zero-order chi connectivity index (χ0) is 17.8. The maximum atomic E-state index is 5.69. The van der Waals surface area contributed by atoms with Crippen LogP contribution >= 0.6 is 22.6 Å². The lowest BCUT2D eigenvalue weighted by molar-refractivity contribution is 0.356. The van der Waals surface area contributed by atoms with E-state index >= 15 is 0 Å². The SMILES string of the molecule is COc1cccc(-c2[nH]c3ccc(I)cc3c2CCCCN)c1OC. The van der Waals surface area contributed by atoms with E-state index < -0.39 is 0 Å². The van der Waals surface area contributed by atoms with Gasteiger partial charge in [-0.3, -0.25) is 0 Å². The smallest absolute Gasteiger partial charge is 0.170 e. The van der Waals surface area contributed by atoms with Gasteiger partial charge in [0.05, 0.1) is 19.9 Å². The van der Waals surface area contributed by atoms with Crippen molar-refractivity contribution in [2.75, 3.05) is 20.8 Å². The summed E-state index contributed by atoms with van der Waals surface area (Å²) < 4.78 is 12.4. The molecule has 0 radical (unpaired) electrons. The highest BCUT2D eigenvalue weighted by molar-refractivity contribution is 14.1. The molecule has 3 rings (SSSR count). The fourth-order valence-electron chi connectivity index (χ4n) is 3.24. The molecule has 4 nitrogen and oxygen atoms in total. The summed E-state index contributed by atoms with van der Waals surface area (Å²) in [6, 6.07) is 12.5. The lowest BCUT2D eigenvalue weighted by Crippen LogP contribution is -2.00. The Morgan fingerprint density at radius 2 is 1.92 bits per heavy atom. The summed E-state index contributed by atoms with van der Waals surface area (Å²) in [4.78, 5) is 3.59. The van der Waals surface area contributed by atoms with Crippen LogP contribution in [0.15, 0.2) is 36.4 Å². The quantitative estimate of drug-likeness (QED) is 0.404. The standard InChI is InChI=1S/C20H23IN2O2/c1-24-18-8-5-7-15(20(18)25-2)19-14(6-3-4-11-22)16-12-13(21)9-10-17(16)23-19/h5,7-10,12,23H,3-4,6,11,22H2,1-2H3. The maximum Gasteiger partial charge on any atom is 0.170 e. The molecule has 0 amide bonds. The van der Waals surface area contributed by atoms with Gasteiger partial charge < -0.3 is 20.2 Å². The second-order valence-electron chi connectivity index (χ2n) is 5.96. The molecule has 0 unspecified atom stereocenters. The van der Waals surface area contributed by atoms with Crippen molar-refractivity contribution in [1.29, 1.82) is 0 Å². The Balaban J connectivity index is 2.20. The molecular weight excluding hydrogens is 427 g/mol. The Morgan fingerprint density at radius 3 is 2.64 bits per heavy atom. The van der Waals surface area contributed by atoms with Crippen molar-refractivity contribution in [1.82, 2.24) is 4.98 Å². The summed E-state index contributed by atoms with van der Waals surface area (Å²) in [7, 11) is 3.35. The van der Waals surface area contributed by atoms with E-state index in [4.69, 9.17) is 15.2 Å². The highest BCUT2D eigenvalue weighted by atomic mass is 127. The van der Waals surface area contributed by atoms with Crippen LogP contribution < -0.4 is 15.2 Å². The maximum absolute atomic E-state index is 5.69. The largest absolute Gasteiger partial charge is 0.493 e. The van der Waals surface area contributed by atoms with Crippen LogP contribution in [0.1, 0.15) is 18.4 Å². The van der Waals surface area contributed by atoms with Gasteiger partial charge in [0.25, 0.3) is 0 Å². The summed E-state index contributed by atoms with van der Waals surface area (Å²) in [6.45, 7) is 0.720. The molecule has 0 aliphatic rings. The van der Waals surface area contributed by atoms with Crippen LogP contribution in [0.25, 0.3) is 22.2 Å². The van der Waals surface area contributed by atoms with Crippen molar-refractivity contribution in [2.45, 2.75) is 19.3 Å². The van der Waals surface area contributed by atoms with Gasteiger partial charge in [0.2, 0.25) is 0 Å². The van der Waals surface area contributed by atoms with Gasteiger partial charge in [-0.25, -0.2) is 0 Å². The summed E-state index contributed by atoms with van der Waals surface area (Å²) in [6.07, 6.45) is 3.06. The number of unbranched alkanes of at least 4 members (excludes halogenated alkanes) is 1. The third kappa shape index (κ3) is 3.62. The third-order valence-corrected chi connectivity index (χ3v) is 5.09. The zero-order valence-corrected chi connectivity index (χ0v) is 16.7. The molecule has 0 fully saturated rings. The Bertz CT molecular complexity index is 874. The Morgan fingerprint density at radius 1 is 1.08 bits per heavy atom. The molecule has 0 atom stereocenters. The minimum atomic E-state index is 0.720. The minimum Gasteiger partial charge on any atom is -0.493 e. The van der Waals surface area contributed by atoms with Gasteiger partial charge >= 0.3 is 0 Å². The topological polar surface area (TPSA) is 60.3 Å². The van der Waals surface area contributed by atoms with Gasteiger partial charge in [0, 0.05) is 20.0 Å². The number of nitrogens with one attached hydrogen (secondary N) is 1. The molecule has 5 heteroatoms. The highest BCUT2D eigenvalue weighted by Crippen LogP contribution is 2.41. The van der Waals surface area contributed by atoms with E-state index in [1.807, 2.05) is 12.1 Å². The van der Waals surface area contributed by atoms with E-state index in [-0.39, 0.29) is 0 Å². The van der Waals surface area contributed by atoms with Gasteiger partial charge in [-0.15, -0.1) is 0 Å². The summed E-state index contributed by atoms with van der Waals surface area (Å²) in [5, 5.41) is 1.27. The first kappa shape index (κ1) is 18.1. The Hall–Kier alpha value is -1.73. The number of nitrogens with two attached hydrogens (primary N) is 1. The van der Waals surface area contributed by atoms with E-state index in [9.17, 15) is 0 Å². The Labute approximate surface area is 161 Å². The number of ether oxygens (including phenoxy) is 2. The number of aromatic amines is 1. The third-order valence-electron chi connectivity index (χ3n) is 4.42. The molecule has 1 heterocycles. The number of benzene rings is 2. The normalized spacial score (nSPS) is 11.0. The van der Waals surface area contributed by atoms with E-state index in [0.717, 1.165) is 54.1 Å². The summed E-state index contributed by atoms with van der Waals surface area (Å²) in [5.41, 5.74) is 10.3. The molecule has 25 heavy (non-hydrogen) atoms. The molecule has 1 aromatic heterocycles. The van der Waals surface area contributed by atoms with Crippen molar-refractivity contribution >= 4 is 33.5 Å². The van der Waals surface area contributed by atoms with Crippen LogP contribution in [-0.4, -0.2) is 25.7 Å². The number of methoxy groups -OCH3 is 2. The fraction of sp³-hybridized carbons (Fsp3) is 0.300. The van der Waals surface area contributed by atoms with E-state index in [0.29, 0.717) is 0 Å². The van der Waals surface area contributed by atoms with Crippen LogP contribution in [0.5, 0.6) is 11.5 Å². The number of hydrogen-bond acceptors (Lipinski definition) is 3. The predicted molar refractivity (Wildman–Crippen MR) is 112 cm³/mol. The number of aryl methyl sites for hydroxylation is 1. The fourth-order valence-corrected chi connectivity index (χ4v) is 3.73. The number of halogens is 1. The molecule has 2 aromatic carbocycles. The number of H-pyrrole nitrogens is 1. The van der Waals surface area contributed by atoms with E-state index in [1.165, 1.54) is 14.5 Å². The first-order valence-electron chi connectivity index (χ1n) is 8.41. The van der Waals surface area contributed by atoms with E-state index in [2.05, 4.69) is 51.8 Å². The summed E-state index contributed by atoms with van der Waals surface area (Å²) >= 11 is 2.36. The monoisotopic (exact) mass is 450 g/mol. The molecule has 0 saturated carbocycles. The molecule has 0 aliphatic heterocycles. The molecule has 0 saturated heterocycles. The van der Waals surface area contributed by atoms with Crippen molar-refractivity contribution in [3.8, 4) is 22.8 Å². The van der Waals surface area contributed by atoms with Gasteiger partial charge in [-0.2, -0.15) is 0 Å². The van der Waals surface area contributed by atoms with Crippen molar-refractivity contribution in [3.05, 3.63) is 45.5 Å². The van der Waals surface area contributed by atoms with Gasteiger partial charge in [0.1, 0.15) is 0 Å². The number of aromatic nitrogens is 1.